The van der Waals surface area contributed by atoms with E-state index in [1.165, 1.54) is 24.3 Å². The Kier molecular flexibility index (Phi) is 4.79. The van der Waals surface area contributed by atoms with E-state index in [0.29, 0.717) is 12.0 Å². The highest BCUT2D eigenvalue weighted by Gasteiger charge is 2.25. The number of Topliss-reactive ketones (excluding diaryl/α,β-unsaturated/α-hetero) is 1. The molecule has 2 aromatic rings. The molecule has 0 aromatic heterocycles. The molecule has 3 rings (SSSR count). The molecule has 1 aliphatic rings. The van der Waals surface area contributed by atoms with Crippen molar-refractivity contribution in [1.29, 1.82) is 0 Å². The predicted octanol–water partition coefficient (Wildman–Crippen LogP) is 4.33. The minimum absolute atomic E-state index is 0.0532. The van der Waals surface area contributed by atoms with Crippen molar-refractivity contribution >= 4 is 11.8 Å². The maximum atomic E-state index is 12.4. The molecule has 0 heterocycles. The number of ketones is 1. The van der Waals surface area contributed by atoms with Crippen molar-refractivity contribution in [2.24, 2.45) is 0 Å². The van der Waals surface area contributed by atoms with Crippen LogP contribution in [-0.4, -0.2) is 18.4 Å². The summed E-state index contributed by atoms with van der Waals surface area (Å²) in [6.45, 7) is -1.07. The van der Waals surface area contributed by atoms with Crippen molar-refractivity contribution in [3.8, 4) is 11.5 Å². The molecule has 0 amide bonds. The van der Waals surface area contributed by atoms with Crippen LogP contribution >= 0.6 is 0 Å². The molecule has 130 valence electrons. The number of carbonyl (C=O) groups excluding carboxylic acids is 2. The number of hydrogen-bond acceptors (Lipinski definition) is 4. The van der Waals surface area contributed by atoms with Crippen LogP contribution < -0.4 is 9.47 Å². The van der Waals surface area contributed by atoms with Gasteiger partial charge in [-0.05, 0) is 55.2 Å². The number of fused-ring (bicyclic) bond motifs is 1. The first kappa shape index (κ1) is 17.1. The van der Waals surface area contributed by atoms with Crippen LogP contribution in [0.2, 0.25) is 0 Å². The molecule has 0 bridgehead atoms. The number of halogens is 2. The van der Waals surface area contributed by atoms with Crippen LogP contribution in [0.4, 0.5) is 8.78 Å². The molecule has 0 atom stereocenters. The highest BCUT2D eigenvalue weighted by Crippen LogP contribution is 2.32. The average Bonchev–Trinajstić information content (AvgIpc) is 2.57. The highest BCUT2D eigenvalue weighted by molar-refractivity contribution is 6.02. The van der Waals surface area contributed by atoms with Crippen molar-refractivity contribution in [2.45, 2.75) is 32.8 Å². The second-order valence-corrected chi connectivity index (χ2v) is 5.81. The monoisotopic (exact) mass is 346 g/mol. The standard InChI is InChI=1S/C19H16F2O4/c1-11-8-9-16(17-14(11)6-3-7-15(17)22)25-18(23)12-4-2-5-13(10-12)24-19(20)21/h2,4-5,8-10,19H,3,6-7H2,1H3. The van der Waals surface area contributed by atoms with Crippen LogP contribution in [0, 0.1) is 6.92 Å². The van der Waals surface area contributed by atoms with Crippen LogP contribution in [0.3, 0.4) is 0 Å². The number of hydrogen-bond donors (Lipinski definition) is 0. The summed E-state index contributed by atoms with van der Waals surface area (Å²) in [6, 6.07) is 8.75. The molecule has 0 unspecified atom stereocenters. The Labute approximate surface area is 143 Å². The minimum Gasteiger partial charge on any atom is -0.435 e. The van der Waals surface area contributed by atoms with Gasteiger partial charge in [-0.3, -0.25) is 4.79 Å². The lowest BCUT2D eigenvalue weighted by Crippen LogP contribution is -2.17. The van der Waals surface area contributed by atoms with E-state index in [9.17, 15) is 18.4 Å². The van der Waals surface area contributed by atoms with Crippen LogP contribution in [0.1, 0.15) is 44.7 Å². The second kappa shape index (κ2) is 7.01. The first-order chi connectivity index (χ1) is 12.0. The van der Waals surface area contributed by atoms with Crippen LogP contribution in [0.5, 0.6) is 11.5 Å². The van der Waals surface area contributed by atoms with Gasteiger partial charge in [0.1, 0.15) is 11.5 Å². The Bertz CT molecular complexity index is 830. The number of aryl methyl sites for hydroxylation is 1. The number of esters is 1. The lowest BCUT2D eigenvalue weighted by Gasteiger charge is -2.20. The van der Waals surface area contributed by atoms with E-state index in [4.69, 9.17) is 4.74 Å². The number of ether oxygens (including phenoxy) is 2. The van der Waals surface area contributed by atoms with E-state index < -0.39 is 12.6 Å². The molecule has 6 heteroatoms. The summed E-state index contributed by atoms with van der Waals surface area (Å²) < 4.78 is 34.3. The van der Waals surface area contributed by atoms with Gasteiger partial charge in [-0.15, -0.1) is 0 Å². The van der Waals surface area contributed by atoms with Crippen molar-refractivity contribution in [1.82, 2.24) is 0 Å². The Morgan fingerprint density at radius 2 is 1.96 bits per heavy atom. The highest BCUT2D eigenvalue weighted by atomic mass is 19.3. The van der Waals surface area contributed by atoms with Crippen molar-refractivity contribution < 1.29 is 27.8 Å². The van der Waals surface area contributed by atoms with Gasteiger partial charge in [-0.2, -0.15) is 8.78 Å². The fraction of sp³-hybridized carbons (Fsp3) is 0.263. The fourth-order valence-corrected chi connectivity index (χ4v) is 2.95. The molecular weight excluding hydrogens is 330 g/mol. The average molecular weight is 346 g/mol. The lowest BCUT2D eigenvalue weighted by atomic mass is 9.87. The third kappa shape index (κ3) is 3.68. The molecule has 0 saturated heterocycles. The van der Waals surface area contributed by atoms with Gasteiger partial charge in [0, 0.05) is 6.42 Å². The number of alkyl halides is 2. The van der Waals surface area contributed by atoms with E-state index in [0.717, 1.165) is 24.0 Å². The van der Waals surface area contributed by atoms with Crippen molar-refractivity contribution in [2.75, 3.05) is 0 Å². The first-order valence-electron chi connectivity index (χ1n) is 7.88. The second-order valence-electron chi connectivity index (χ2n) is 5.81. The summed E-state index contributed by atoms with van der Waals surface area (Å²) in [5.74, 6) is -0.714. The lowest BCUT2D eigenvalue weighted by molar-refractivity contribution is -0.0499. The number of carbonyl (C=O) groups is 2. The zero-order valence-electron chi connectivity index (χ0n) is 13.6. The van der Waals surface area contributed by atoms with Crippen molar-refractivity contribution in [3.05, 3.63) is 58.7 Å². The van der Waals surface area contributed by atoms with Crippen LogP contribution in [-0.2, 0) is 6.42 Å². The van der Waals surface area contributed by atoms with Gasteiger partial charge >= 0.3 is 12.6 Å². The van der Waals surface area contributed by atoms with E-state index in [-0.39, 0.29) is 22.8 Å². The minimum atomic E-state index is -2.98. The van der Waals surface area contributed by atoms with Gasteiger partial charge in [0.2, 0.25) is 0 Å². The molecule has 0 N–H and O–H groups in total. The molecule has 4 nitrogen and oxygen atoms in total. The molecule has 0 aliphatic heterocycles. The SMILES string of the molecule is Cc1ccc(OC(=O)c2cccc(OC(F)F)c2)c2c1CCCC2=O. The number of benzene rings is 2. The van der Waals surface area contributed by atoms with E-state index >= 15 is 0 Å². The fourth-order valence-electron chi connectivity index (χ4n) is 2.95. The van der Waals surface area contributed by atoms with E-state index in [1.807, 2.05) is 6.92 Å². The molecule has 0 fully saturated rings. The third-order valence-corrected chi connectivity index (χ3v) is 4.12. The van der Waals surface area contributed by atoms with Gasteiger partial charge in [0.25, 0.3) is 0 Å². The topological polar surface area (TPSA) is 52.6 Å². The Balaban J connectivity index is 1.88. The number of rotatable bonds is 4. The maximum Gasteiger partial charge on any atom is 0.387 e. The first-order valence-corrected chi connectivity index (χ1v) is 7.88. The predicted molar refractivity (Wildman–Crippen MR) is 86.5 cm³/mol. The van der Waals surface area contributed by atoms with Gasteiger partial charge in [0.05, 0.1) is 11.1 Å². The molecule has 25 heavy (non-hydrogen) atoms. The van der Waals surface area contributed by atoms with Gasteiger partial charge in [0.15, 0.2) is 5.78 Å². The zero-order valence-corrected chi connectivity index (χ0v) is 13.6. The summed E-state index contributed by atoms with van der Waals surface area (Å²) in [5.41, 5.74) is 2.39. The Morgan fingerprint density at radius 3 is 2.72 bits per heavy atom. The quantitative estimate of drug-likeness (QED) is 0.611. The smallest absolute Gasteiger partial charge is 0.387 e. The normalized spacial score (nSPS) is 13.5. The maximum absolute atomic E-state index is 12.4. The summed E-state index contributed by atoms with van der Waals surface area (Å²) in [7, 11) is 0. The molecule has 2 aromatic carbocycles. The summed E-state index contributed by atoms with van der Waals surface area (Å²) in [5, 5.41) is 0. The largest absolute Gasteiger partial charge is 0.435 e. The Morgan fingerprint density at radius 1 is 1.16 bits per heavy atom. The van der Waals surface area contributed by atoms with Crippen LogP contribution in [0.15, 0.2) is 36.4 Å². The molecule has 0 radical (unpaired) electrons. The van der Waals surface area contributed by atoms with Gasteiger partial charge in [-0.1, -0.05) is 12.1 Å². The molecule has 0 saturated carbocycles. The van der Waals surface area contributed by atoms with Crippen LogP contribution in [0.25, 0.3) is 0 Å². The Hall–Kier alpha value is -2.76. The van der Waals surface area contributed by atoms with Gasteiger partial charge in [-0.25, -0.2) is 4.79 Å². The summed E-state index contributed by atoms with van der Waals surface area (Å²) >= 11 is 0. The zero-order chi connectivity index (χ0) is 18.0. The van der Waals surface area contributed by atoms with Crippen molar-refractivity contribution in [3.63, 3.8) is 0 Å². The molecular formula is C19H16F2O4. The van der Waals surface area contributed by atoms with E-state index in [2.05, 4.69) is 4.74 Å². The van der Waals surface area contributed by atoms with E-state index in [1.54, 1.807) is 12.1 Å². The summed E-state index contributed by atoms with van der Waals surface area (Å²) in [4.78, 5) is 24.6. The summed E-state index contributed by atoms with van der Waals surface area (Å²) in [6.07, 6.45) is 1.95. The molecule has 1 aliphatic carbocycles. The molecule has 0 spiro atoms. The third-order valence-electron chi connectivity index (χ3n) is 4.12. The van der Waals surface area contributed by atoms with Gasteiger partial charge < -0.3 is 9.47 Å².